The zero-order valence-electron chi connectivity index (χ0n) is 17.4. The van der Waals surface area contributed by atoms with Crippen molar-refractivity contribution in [1.29, 1.82) is 0 Å². The molecule has 0 aliphatic heterocycles. The number of para-hydroxylation sites is 2. The van der Waals surface area contributed by atoms with Crippen molar-refractivity contribution in [1.82, 2.24) is 9.78 Å². The molecule has 4 rings (SSSR count). The Morgan fingerprint density at radius 2 is 1.58 bits per heavy atom. The van der Waals surface area contributed by atoms with Gasteiger partial charge in [-0.05, 0) is 42.8 Å². The number of hydrogen-bond acceptors (Lipinski definition) is 5. The van der Waals surface area contributed by atoms with Crippen molar-refractivity contribution in [2.75, 3.05) is 19.5 Å². The standard InChI is InChI=1S/C24H21N3O4/c1-15-12-13-20(30-2)18(14-15)25-23(28)22-16-8-4-5-9-17(16)24(29)27(26-22)19-10-6-7-11-21(19)31-3/h4-14H,1-3H3,(H,25,28). The van der Waals surface area contributed by atoms with Crippen LogP contribution < -0.4 is 20.3 Å². The molecule has 1 aromatic heterocycles. The monoisotopic (exact) mass is 415 g/mol. The van der Waals surface area contributed by atoms with Crippen molar-refractivity contribution in [3.63, 3.8) is 0 Å². The Hall–Kier alpha value is -4.13. The molecule has 0 unspecified atom stereocenters. The Bertz CT molecular complexity index is 1340. The number of aryl methyl sites for hydroxylation is 1. The van der Waals surface area contributed by atoms with Crippen molar-refractivity contribution in [2.24, 2.45) is 0 Å². The summed E-state index contributed by atoms with van der Waals surface area (Å²) in [5.41, 5.74) is 1.71. The Balaban J connectivity index is 1.90. The number of methoxy groups -OCH3 is 2. The van der Waals surface area contributed by atoms with Crippen LogP contribution in [0, 0.1) is 6.92 Å². The summed E-state index contributed by atoms with van der Waals surface area (Å²) in [5, 5.41) is 8.13. The Morgan fingerprint density at radius 1 is 0.903 bits per heavy atom. The van der Waals surface area contributed by atoms with Gasteiger partial charge in [-0.2, -0.15) is 9.78 Å². The Labute approximate surface area is 178 Å². The first-order chi connectivity index (χ1) is 15.0. The van der Waals surface area contributed by atoms with Crippen molar-refractivity contribution in [3.05, 3.63) is 88.3 Å². The molecule has 1 amide bonds. The number of fused-ring (bicyclic) bond motifs is 1. The highest BCUT2D eigenvalue weighted by Gasteiger charge is 2.20. The van der Waals surface area contributed by atoms with Gasteiger partial charge >= 0.3 is 0 Å². The van der Waals surface area contributed by atoms with E-state index >= 15 is 0 Å². The van der Waals surface area contributed by atoms with E-state index in [2.05, 4.69) is 10.4 Å². The van der Waals surface area contributed by atoms with Crippen LogP contribution >= 0.6 is 0 Å². The van der Waals surface area contributed by atoms with Crippen LogP contribution in [0.1, 0.15) is 16.1 Å². The predicted molar refractivity (Wildman–Crippen MR) is 120 cm³/mol. The van der Waals surface area contributed by atoms with E-state index in [9.17, 15) is 9.59 Å². The van der Waals surface area contributed by atoms with E-state index in [-0.39, 0.29) is 11.3 Å². The summed E-state index contributed by atoms with van der Waals surface area (Å²) in [7, 11) is 3.05. The second-order valence-electron chi connectivity index (χ2n) is 6.94. The number of hydrogen-bond donors (Lipinski definition) is 1. The number of carbonyl (C=O) groups is 1. The molecule has 0 saturated heterocycles. The average molecular weight is 415 g/mol. The molecule has 1 N–H and O–H groups in total. The van der Waals surface area contributed by atoms with Gasteiger partial charge in [0.05, 0.1) is 25.3 Å². The molecule has 0 bridgehead atoms. The lowest BCUT2D eigenvalue weighted by atomic mass is 10.1. The first-order valence-corrected chi connectivity index (χ1v) is 9.65. The molecule has 4 aromatic rings. The molecule has 0 spiro atoms. The normalized spacial score (nSPS) is 10.7. The van der Waals surface area contributed by atoms with Gasteiger partial charge in [0.2, 0.25) is 0 Å². The minimum atomic E-state index is -0.455. The molecule has 7 heteroatoms. The van der Waals surface area contributed by atoms with Crippen molar-refractivity contribution in [2.45, 2.75) is 6.92 Å². The van der Waals surface area contributed by atoms with Crippen molar-refractivity contribution < 1.29 is 14.3 Å². The number of amides is 1. The quantitative estimate of drug-likeness (QED) is 0.533. The van der Waals surface area contributed by atoms with Crippen LogP contribution in [-0.2, 0) is 0 Å². The van der Waals surface area contributed by atoms with Gasteiger partial charge in [0.15, 0.2) is 5.69 Å². The lowest BCUT2D eigenvalue weighted by Crippen LogP contribution is -2.27. The maximum atomic E-state index is 13.3. The molecule has 0 saturated carbocycles. The predicted octanol–water partition coefficient (Wildman–Crippen LogP) is 3.96. The number of nitrogens with one attached hydrogen (secondary N) is 1. The van der Waals surface area contributed by atoms with Gasteiger partial charge in [-0.25, -0.2) is 0 Å². The lowest BCUT2D eigenvalue weighted by Gasteiger charge is -2.14. The molecule has 0 atom stereocenters. The highest BCUT2D eigenvalue weighted by molar-refractivity contribution is 6.11. The smallest absolute Gasteiger partial charge is 0.279 e. The van der Waals surface area contributed by atoms with Crippen LogP contribution in [-0.4, -0.2) is 29.9 Å². The van der Waals surface area contributed by atoms with Crippen LogP contribution in [0.4, 0.5) is 5.69 Å². The first-order valence-electron chi connectivity index (χ1n) is 9.65. The van der Waals surface area contributed by atoms with Crippen molar-refractivity contribution >= 4 is 22.4 Å². The van der Waals surface area contributed by atoms with Crippen LogP contribution in [0.25, 0.3) is 16.5 Å². The zero-order valence-corrected chi connectivity index (χ0v) is 17.4. The minimum absolute atomic E-state index is 0.115. The molecule has 1 heterocycles. The number of ether oxygens (including phenoxy) is 2. The number of carbonyl (C=O) groups excluding carboxylic acids is 1. The lowest BCUT2D eigenvalue weighted by molar-refractivity contribution is 0.102. The molecular weight excluding hydrogens is 394 g/mol. The SMILES string of the molecule is COc1ccc(C)cc1NC(=O)c1nn(-c2ccccc2OC)c(=O)c2ccccc12. The van der Waals surface area contributed by atoms with Gasteiger partial charge in [-0.3, -0.25) is 9.59 Å². The summed E-state index contributed by atoms with van der Waals surface area (Å²) in [4.78, 5) is 26.4. The van der Waals surface area contributed by atoms with Crippen LogP contribution in [0.5, 0.6) is 11.5 Å². The van der Waals surface area contributed by atoms with E-state index in [4.69, 9.17) is 9.47 Å². The number of anilines is 1. The Morgan fingerprint density at radius 3 is 2.32 bits per heavy atom. The molecule has 0 aliphatic rings. The maximum Gasteiger partial charge on any atom is 0.279 e. The van der Waals surface area contributed by atoms with E-state index in [1.165, 1.54) is 18.9 Å². The van der Waals surface area contributed by atoms with Gasteiger partial charge in [-0.15, -0.1) is 0 Å². The second kappa shape index (κ2) is 8.31. The summed E-state index contributed by atoms with van der Waals surface area (Å²) in [6.45, 7) is 1.92. The number of rotatable bonds is 5. The van der Waals surface area contributed by atoms with Crippen LogP contribution in [0.2, 0.25) is 0 Å². The number of nitrogens with zero attached hydrogens (tertiary/aromatic N) is 2. The van der Waals surface area contributed by atoms with Gasteiger partial charge < -0.3 is 14.8 Å². The molecule has 7 nitrogen and oxygen atoms in total. The van der Waals surface area contributed by atoms with E-state index < -0.39 is 5.91 Å². The highest BCUT2D eigenvalue weighted by Crippen LogP contribution is 2.27. The van der Waals surface area contributed by atoms with E-state index in [1.807, 2.05) is 19.1 Å². The summed E-state index contributed by atoms with van der Waals surface area (Å²) in [6, 6.07) is 19.4. The van der Waals surface area contributed by atoms with E-state index in [0.717, 1.165) is 5.56 Å². The summed E-state index contributed by atoms with van der Waals surface area (Å²) >= 11 is 0. The third kappa shape index (κ3) is 3.73. The molecule has 0 aliphatic carbocycles. The third-order valence-electron chi connectivity index (χ3n) is 4.94. The van der Waals surface area contributed by atoms with Crippen LogP contribution in [0.15, 0.2) is 71.5 Å². The second-order valence-corrected chi connectivity index (χ2v) is 6.94. The summed E-state index contributed by atoms with van der Waals surface area (Å²) in [6.07, 6.45) is 0. The van der Waals surface area contributed by atoms with Gasteiger partial charge in [0, 0.05) is 5.39 Å². The van der Waals surface area contributed by atoms with Crippen LogP contribution in [0.3, 0.4) is 0 Å². The zero-order chi connectivity index (χ0) is 22.0. The molecule has 0 radical (unpaired) electrons. The number of benzene rings is 3. The molecular formula is C24H21N3O4. The maximum absolute atomic E-state index is 13.3. The average Bonchev–Trinajstić information content (AvgIpc) is 2.79. The highest BCUT2D eigenvalue weighted by atomic mass is 16.5. The molecule has 156 valence electrons. The fourth-order valence-electron chi connectivity index (χ4n) is 3.43. The molecule has 3 aromatic carbocycles. The topological polar surface area (TPSA) is 82.4 Å². The van der Waals surface area contributed by atoms with Gasteiger partial charge in [0.25, 0.3) is 11.5 Å². The van der Waals surface area contributed by atoms with Gasteiger partial charge in [0.1, 0.15) is 17.2 Å². The fraction of sp³-hybridized carbons (Fsp3) is 0.125. The molecule has 31 heavy (non-hydrogen) atoms. The first kappa shape index (κ1) is 20.2. The fourth-order valence-corrected chi connectivity index (χ4v) is 3.43. The van der Waals surface area contributed by atoms with E-state index in [1.54, 1.807) is 54.6 Å². The summed E-state index contributed by atoms with van der Waals surface area (Å²) in [5.74, 6) is 0.546. The Kier molecular flexibility index (Phi) is 5.41. The summed E-state index contributed by atoms with van der Waals surface area (Å²) < 4.78 is 11.9. The van der Waals surface area contributed by atoms with Crippen molar-refractivity contribution in [3.8, 4) is 17.2 Å². The number of aromatic nitrogens is 2. The molecule has 0 fully saturated rings. The van der Waals surface area contributed by atoms with Gasteiger partial charge in [-0.1, -0.05) is 36.4 Å². The van der Waals surface area contributed by atoms with E-state index in [0.29, 0.717) is 33.6 Å². The minimum Gasteiger partial charge on any atom is -0.495 e. The largest absolute Gasteiger partial charge is 0.495 e. The third-order valence-corrected chi connectivity index (χ3v) is 4.94.